The van der Waals surface area contributed by atoms with Gasteiger partial charge in [-0.25, -0.2) is 4.98 Å². The van der Waals surface area contributed by atoms with E-state index in [1.807, 2.05) is 53.9 Å². The van der Waals surface area contributed by atoms with E-state index in [1.165, 1.54) is 12.1 Å². The molecule has 1 heterocycles. The number of nitro benzene ring substituents is 1. The van der Waals surface area contributed by atoms with Crippen LogP contribution in [0.3, 0.4) is 0 Å². The second kappa shape index (κ2) is 8.44. The van der Waals surface area contributed by atoms with Crippen molar-refractivity contribution in [1.82, 2.24) is 4.98 Å². The Hall–Kier alpha value is -3.55. The summed E-state index contributed by atoms with van der Waals surface area (Å²) in [6, 6.07) is 21.0. The Labute approximate surface area is 180 Å². The number of nitrogens with one attached hydrogen (secondary N) is 1. The van der Waals surface area contributed by atoms with Gasteiger partial charge in [0.2, 0.25) is 0 Å². The van der Waals surface area contributed by atoms with Crippen LogP contribution in [0.25, 0.3) is 21.8 Å². The summed E-state index contributed by atoms with van der Waals surface area (Å²) >= 11 is 7.60. The summed E-state index contributed by atoms with van der Waals surface area (Å²) < 4.78 is 0. The highest BCUT2D eigenvalue weighted by atomic mass is 35.5. The van der Waals surface area contributed by atoms with Crippen LogP contribution in [0, 0.1) is 10.1 Å². The first kappa shape index (κ1) is 19.8. The fourth-order valence-electron chi connectivity index (χ4n) is 2.88. The van der Waals surface area contributed by atoms with Crippen LogP contribution in [0.4, 0.5) is 11.4 Å². The minimum absolute atomic E-state index is 0.0184. The van der Waals surface area contributed by atoms with Crippen LogP contribution in [0.1, 0.15) is 10.4 Å². The largest absolute Gasteiger partial charge is 0.322 e. The Morgan fingerprint density at radius 1 is 1.00 bits per heavy atom. The van der Waals surface area contributed by atoms with Crippen molar-refractivity contribution in [1.29, 1.82) is 0 Å². The monoisotopic (exact) mass is 435 g/mol. The molecule has 0 fully saturated rings. The molecule has 0 aliphatic carbocycles. The molecule has 148 valence electrons. The van der Waals surface area contributed by atoms with Crippen LogP contribution < -0.4 is 5.32 Å². The van der Waals surface area contributed by atoms with Crippen LogP contribution in [-0.2, 0) is 0 Å². The summed E-state index contributed by atoms with van der Waals surface area (Å²) in [5.74, 6) is -0.449. The number of aromatic nitrogens is 1. The van der Waals surface area contributed by atoms with Gasteiger partial charge < -0.3 is 5.32 Å². The third kappa shape index (κ3) is 4.22. The first-order valence-electron chi connectivity index (χ1n) is 8.88. The van der Waals surface area contributed by atoms with Gasteiger partial charge in [-0.2, -0.15) is 0 Å². The smallest absolute Gasteiger partial charge is 0.270 e. The highest BCUT2D eigenvalue weighted by molar-refractivity contribution is 7.13. The minimum atomic E-state index is -0.561. The topological polar surface area (TPSA) is 85.1 Å². The predicted molar refractivity (Wildman–Crippen MR) is 119 cm³/mol. The van der Waals surface area contributed by atoms with Crippen LogP contribution >= 0.6 is 22.9 Å². The highest BCUT2D eigenvalue weighted by Gasteiger charge is 2.15. The van der Waals surface area contributed by atoms with Crippen molar-refractivity contribution in [3.8, 4) is 21.8 Å². The molecule has 8 heteroatoms. The molecule has 0 bridgehead atoms. The molecule has 0 unspecified atom stereocenters. The van der Waals surface area contributed by atoms with Gasteiger partial charge >= 0.3 is 0 Å². The minimum Gasteiger partial charge on any atom is -0.322 e. The zero-order valence-electron chi connectivity index (χ0n) is 15.4. The number of thiazole rings is 1. The number of non-ortho nitro benzene ring substituents is 1. The Kier molecular flexibility index (Phi) is 5.56. The molecule has 0 aliphatic rings. The summed E-state index contributed by atoms with van der Waals surface area (Å²) in [5, 5.41) is 16.5. The van der Waals surface area contributed by atoms with Gasteiger partial charge in [-0.05, 0) is 18.2 Å². The van der Waals surface area contributed by atoms with Gasteiger partial charge in [0.15, 0.2) is 0 Å². The van der Waals surface area contributed by atoms with Crippen molar-refractivity contribution in [2.24, 2.45) is 0 Å². The van der Waals surface area contributed by atoms with Crippen molar-refractivity contribution in [3.05, 3.63) is 98.9 Å². The number of hydrogen-bond donors (Lipinski definition) is 1. The molecule has 1 amide bonds. The molecular weight excluding hydrogens is 422 g/mol. The van der Waals surface area contributed by atoms with E-state index >= 15 is 0 Å². The van der Waals surface area contributed by atoms with E-state index in [0.717, 1.165) is 27.9 Å². The molecule has 4 aromatic rings. The van der Waals surface area contributed by atoms with Crippen molar-refractivity contribution >= 4 is 40.2 Å². The SMILES string of the molecule is O=C(Nc1cccc(-c2csc(-c3ccccc3)n2)c1)c1ccc([N+](=O)[O-])cc1Cl. The molecule has 6 nitrogen and oxygen atoms in total. The van der Waals surface area contributed by atoms with E-state index in [-0.39, 0.29) is 16.3 Å². The van der Waals surface area contributed by atoms with Crippen molar-refractivity contribution in [2.45, 2.75) is 0 Å². The Morgan fingerprint density at radius 3 is 2.50 bits per heavy atom. The van der Waals surface area contributed by atoms with Gasteiger partial charge in [0.25, 0.3) is 11.6 Å². The van der Waals surface area contributed by atoms with Gasteiger partial charge in [-0.1, -0.05) is 54.1 Å². The lowest BCUT2D eigenvalue weighted by Crippen LogP contribution is -2.12. The average molecular weight is 436 g/mol. The van der Waals surface area contributed by atoms with Gasteiger partial charge in [0, 0.05) is 34.3 Å². The van der Waals surface area contributed by atoms with E-state index in [0.29, 0.717) is 5.69 Å². The van der Waals surface area contributed by atoms with Gasteiger partial charge in [0.1, 0.15) is 5.01 Å². The van der Waals surface area contributed by atoms with Crippen LogP contribution in [0.5, 0.6) is 0 Å². The summed E-state index contributed by atoms with van der Waals surface area (Å²) in [4.78, 5) is 27.5. The molecular formula is C22H14ClN3O3S. The average Bonchev–Trinajstić information content (AvgIpc) is 3.25. The lowest BCUT2D eigenvalue weighted by molar-refractivity contribution is -0.384. The van der Waals surface area contributed by atoms with E-state index in [2.05, 4.69) is 5.32 Å². The molecule has 0 radical (unpaired) electrons. The maximum Gasteiger partial charge on any atom is 0.270 e. The number of amides is 1. The molecule has 30 heavy (non-hydrogen) atoms. The Morgan fingerprint density at radius 2 is 1.77 bits per heavy atom. The third-order valence-electron chi connectivity index (χ3n) is 4.35. The number of rotatable bonds is 5. The molecule has 0 atom stereocenters. The number of carbonyl (C=O) groups excluding carboxylic acids is 1. The summed E-state index contributed by atoms with van der Waals surface area (Å²) in [7, 11) is 0. The lowest BCUT2D eigenvalue weighted by atomic mass is 10.1. The summed E-state index contributed by atoms with van der Waals surface area (Å²) in [6.45, 7) is 0. The maximum atomic E-state index is 12.6. The summed E-state index contributed by atoms with van der Waals surface area (Å²) in [6.07, 6.45) is 0. The fourth-order valence-corrected chi connectivity index (χ4v) is 3.97. The number of anilines is 1. The standard InChI is InChI=1S/C22H14ClN3O3S/c23-19-12-17(26(28)29)9-10-18(19)21(27)24-16-8-4-7-15(11-16)20-13-30-22(25-20)14-5-2-1-3-6-14/h1-13H,(H,24,27). The van der Waals surface area contributed by atoms with E-state index < -0.39 is 10.8 Å². The number of nitro groups is 1. The third-order valence-corrected chi connectivity index (χ3v) is 5.55. The number of halogens is 1. The first-order chi connectivity index (χ1) is 14.5. The Bertz CT molecular complexity index is 1240. The second-order valence-corrected chi connectivity index (χ2v) is 7.63. The molecule has 1 N–H and O–H groups in total. The first-order valence-corrected chi connectivity index (χ1v) is 10.1. The number of nitrogens with zero attached hydrogens (tertiary/aromatic N) is 2. The zero-order valence-corrected chi connectivity index (χ0v) is 17.0. The predicted octanol–water partition coefficient (Wildman–Crippen LogP) is 6.29. The highest BCUT2D eigenvalue weighted by Crippen LogP contribution is 2.30. The van der Waals surface area contributed by atoms with Gasteiger partial charge in [0.05, 0.1) is 21.2 Å². The van der Waals surface area contributed by atoms with E-state index in [9.17, 15) is 14.9 Å². The molecule has 0 saturated heterocycles. The van der Waals surface area contributed by atoms with Crippen molar-refractivity contribution in [2.75, 3.05) is 5.32 Å². The number of carbonyl (C=O) groups is 1. The van der Waals surface area contributed by atoms with Crippen LogP contribution in [0.2, 0.25) is 5.02 Å². The van der Waals surface area contributed by atoms with E-state index in [4.69, 9.17) is 16.6 Å². The molecule has 3 aromatic carbocycles. The molecule has 0 saturated carbocycles. The molecule has 0 spiro atoms. The van der Waals surface area contributed by atoms with Crippen molar-refractivity contribution in [3.63, 3.8) is 0 Å². The van der Waals surface area contributed by atoms with E-state index in [1.54, 1.807) is 17.4 Å². The zero-order chi connectivity index (χ0) is 21.1. The van der Waals surface area contributed by atoms with Crippen LogP contribution in [0.15, 0.2) is 78.2 Å². The molecule has 0 aliphatic heterocycles. The summed E-state index contributed by atoms with van der Waals surface area (Å²) in [5.41, 5.74) is 3.28. The number of hydrogen-bond acceptors (Lipinski definition) is 5. The normalized spacial score (nSPS) is 10.6. The number of benzene rings is 3. The van der Waals surface area contributed by atoms with Crippen molar-refractivity contribution < 1.29 is 9.72 Å². The Balaban J connectivity index is 1.55. The maximum absolute atomic E-state index is 12.6. The molecule has 1 aromatic heterocycles. The van der Waals surface area contributed by atoms with Gasteiger partial charge in [-0.15, -0.1) is 11.3 Å². The fraction of sp³-hybridized carbons (Fsp3) is 0. The van der Waals surface area contributed by atoms with Crippen LogP contribution in [-0.4, -0.2) is 15.8 Å². The quantitative estimate of drug-likeness (QED) is 0.295. The lowest BCUT2D eigenvalue weighted by Gasteiger charge is -2.08. The van der Waals surface area contributed by atoms with Gasteiger partial charge in [-0.3, -0.25) is 14.9 Å². The molecule has 4 rings (SSSR count). The second-order valence-electron chi connectivity index (χ2n) is 6.36.